The van der Waals surface area contributed by atoms with Crippen molar-refractivity contribution in [2.75, 3.05) is 7.11 Å². The van der Waals surface area contributed by atoms with E-state index in [4.69, 9.17) is 4.74 Å². The van der Waals surface area contributed by atoms with E-state index in [1.165, 1.54) is 7.11 Å². The van der Waals surface area contributed by atoms with Crippen molar-refractivity contribution in [3.8, 4) is 0 Å². The lowest BCUT2D eigenvalue weighted by Crippen LogP contribution is -2.28. The van der Waals surface area contributed by atoms with Crippen LogP contribution in [-0.2, 0) is 28.9 Å². The molecule has 0 radical (unpaired) electrons. The summed E-state index contributed by atoms with van der Waals surface area (Å²) in [6.07, 6.45) is 2.47. The molecule has 5 heteroatoms. The number of esters is 1. The molecule has 1 aliphatic rings. The van der Waals surface area contributed by atoms with Crippen LogP contribution in [0, 0.1) is 5.92 Å². The lowest BCUT2D eigenvalue weighted by atomic mass is 9.99. The van der Waals surface area contributed by atoms with E-state index in [9.17, 15) is 4.79 Å². The van der Waals surface area contributed by atoms with Crippen LogP contribution in [0.3, 0.4) is 0 Å². The maximum Gasteiger partial charge on any atom is 0.310 e. The first-order chi connectivity index (χ1) is 7.26. The number of rotatable bonds is 2. The van der Waals surface area contributed by atoms with Crippen molar-refractivity contribution in [1.29, 1.82) is 0 Å². The molecule has 1 unspecified atom stereocenters. The van der Waals surface area contributed by atoms with E-state index in [2.05, 4.69) is 10.2 Å². The van der Waals surface area contributed by atoms with Crippen LogP contribution in [0.15, 0.2) is 0 Å². The van der Waals surface area contributed by atoms with E-state index in [1.54, 1.807) is 0 Å². The van der Waals surface area contributed by atoms with Crippen molar-refractivity contribution >= 4 is 5.97 Å². The van der Waals surface area contributed by atoms with Crippen molar-refractivity contribution in [2.45, 2.75) is 32.7 Å². The molecule has 1 aromatic rings. The fourth-order valence-electron chi connectivity index (χ4n) is 2.00. The second-order valence-corrected chi connectivity index (χ2v) is 3.76. The Morgan fingerprint density at radius 1 is 1.60 bits per heavy atom. The molecule has 0 aliphatic carbocycles. The van der Waals surface area contributed by atoms with Crippen molar-refractivity contribution in [1.82, 2.24) is 14.8 Å². The number of carbonyl (C=O) groups is 1. The Labute approximate surface area is 88.4 Å². The number of methoxy groups -OCH3 is 1. The van der Waals surface area contributed by atoms with Gasteiger partial charge in [0.2, 0.25) is 0 Å². The van der Waals surface area contributed by atoms with Crippen LogP contribution in [0.4, 0.5) is 0 Å². The topological polar surface area (TPSA) is 57.0 Å². The van der Waals surface area contributed by atoms with Crippen LogP contribution in [0.2, 0.25) is 0 Å². The number of aromatic nitrogens is 3. The molecule has 0 saturated carbocycles. The number of nitrogens with zero attached hydrogens (tertiary/aromatic N) is 3. The number of ether oxygens (including phenoxy) is 1. The highest BCUT2D eigenvalue weighted by Crippen LogP contribution is 2.21. The number of fused-ring (bicyclic) bond motifs is 1. The second-order valence-electron chi connectivity index (χ2n) is 3.76. The Morgan fingerprint density at radius 2 is 2.40 bits per heavy atom. The van der Waals surface area contributed by atoms with Gasteiger partial charge < -0.3 is 9.30 Å². The standard InChI is InChI=1S/C10H15N3O2/c1-3-8-11-12-9-5-4-7(6-13(8)9)10(14)15-2/h7H,3-6H2,1-2H3. The van der Waals surface area contributed by atoms with Crippen molar-refractivity contribution in [2.24, 2.45) is 5.92 Å². The lowest BCUT2D eigenvalue weighted by Gasteiger charge is -2.21. The maximum absolute atomic E-state index is 11.4. The lowest BCUT2D eigenvalue weighted by molar-refractivity contribution is -0.146. The Kier molecular flexibility index (Phi) is 2.70. The smallest absolute Gasteiger partial charge is 0.310 e. The molecule has 1 aromatic heterocycles. The van der Waals surface area contributed by atoms with Crippen molar-refractivity contribution in [3.05, 3.63) is 11.6 Å². The number of hydrogen-bond donors (Lipinski definition) is 0. The first-order valence-corrected chi connectivity index (χ1v) is 5.25. The Bertz CT molecular complexity index is 359. The van der Waals surface area contributed by atoms with E-state index >= 15 is 0 Å². The molecule has 82 valence electrons. The summed E-state index contributed by atoms with van der Waals surface area (Å²) in [6, 6.07) is 0. The third-order valence-corrected chi connectivity index (χ3v) is 2.87. The Morgan fingerprint density at radius 3 is 3.07 bits per heavy atom. The van der Waals surface area contributed by atoms with Gasteiger partial charge in [-0.05, 0) is 6.42 Å². The molecule has 0 amide bonds. The minimum atomic E-state index is -0.128. The summed E-state index contributed by atoms with van der Waals surface area (Å²) in [7, 11) is 1.44. The zero-order valence-corrected chi connectivity index (χ0v) is 9.06. The van der Waals surface area contributed by atoms with Gasteiger partial charge in [0, 0.05) is 19.4 Å². The van der Waals surface area contributed by atoms with Gasteiger partial charge in [0.15, 0.2) is 0 Å². The van der Waals surface area contributed by atoms with Crippen LogP contribution >= 0.6 is 0 Å². The first-order valence-electron chi connectivity index (χ1n) is 5.25. The molecule has 1 aliphatic heterocycles. The molecule has 0 aromatic carbocycles. The van der Waals surface area contributed by atoms with E-state index in [0.717, 1.165) is 30.9 Å². The third-order valence-electron chi connectivity index (χ3n) is 2.87. The third kappa shape index (κ3) is 1.73. The molecule has 0 spiro atoms. The second kappa shape index (κ2) is 4.00. The first kappa shape index (κ1) is 10.1. The average molecular weight is 209 g/mol. The Balaban J connectivity index is 2.20. The van der Waals surface area contributed by atoms with Crippen LogP contribution < -0.4 is 0 Å². The summed E-state index contributed by atoms with van der Waals surface area (Å²) in [5.41, 5.74) is 0. The van der Waals surface area contributed by atoms with E-state index < -0.39 is 0 Å². The molecule has 0 N–H and O–H groups in total. The van der Waals surface area contributed by atoms with Gasteiger partial charge in [-0.1, -0.05) is 6.92 Å². The highest BCUT2D eigenvalue weighted by atomic mass is 16.5. The number of hydrogen-bond acceptors (Lipinski definition) is 4. The summed E-state index contributed by atoms with van der Waals surface area (Å²) in [6.45, 7) is 2.71. The molecular weight excluding hydrogens is 194 g/mol. The van der Waals surface area contributed by atoms with Crippen molar-refractivity contribution in [3.63, 3.8) is 0 Å². The van der Waals surface area contributed by atoms with Crippen molar-refractivity contribution < 1.29 is 9.53 Å². The van der Waals surface area contributed by atoms with Gasteiger partial charge >= 0.3 is 5.97 Å². The normalized spacial score (nSPS) is 19.7. The van der Waals surface area contributed by atoms with Crippen LogP contribution in [0.1, 0.15) is 25.0 Å². The van der Waals surface area contributed by atoms with E-state index in [1.807, 2.05) is 11.5 Å². The summed E-state index contributed by atoms with van der Waals surface area (Å²) in [5, 5.41) is 8.20. The minimum absolute atomic E-state index is 0.0381. The van der Waals surface area contributed by atoms with E-state index in [0.29, 0.717) is 6.54 Å². The van der Waals surface area contributed by atoms with Gasteiger partial charge in [0.25, 0.3) is 0 Å². The van der Waals surface area contributed by atoms with E-state index in [-0.39, 0.29) is 11.9 Å². The monoisotopic (exact) mass is 209 g/mol. The number of aryl methyl sites for hydroxylation is 2. The Hall–Kier alpha value is -1.39. The highest BCUT2D eigenvalue weighted by Gasteiger charge is 2.27. The summed E-state index contributed by atoms with van der Waals surface area (Å²) < 4.78 is 6.81. The molecule has 5 nitrogen and oxygen atoms in total. The van der Waals surface area contributed by atoms with Gasteiger partial charge in [-0.2, -0.15) is 0 Å². The molecule has 0 bridgehead atoms. The van der Waals surface area contributed by atoms with Crippen LogP contribution in [-0.4, -0.2) is 27.8 Å². The molecule has 15 heavy (non-hydrogen) atoms. The number of carbonyl (C=O) groups excluding carboxylic acids is 1. The molecule has 2 rings (SSSR count). The van der Waals surface area contributed by atoms with Gasteiger partial charge in [-0.25, -0.2) is 0 Å². The van der Waals surface area contributed by atoms with Gasteiger partial charge in [0.05, 0.1) is 13.0 Å². The summed E-state index contributed by atoms with van der Waals surface area (Å²) in [5.74, 6) is 1.78. The summed E-state index contributed by atoms with van der Waals surface area (Å²) >= 11 is 0. The fraction of sp³-hybridized carbons (Fsp3) is 0.700. The van der Waals surface area contributed by atoms with Crippen LogP contribution in [0.25, 0.3) is 0 Å². The predicted octanol–water partition coefficient (Wildman–Crippen LogP) is 0.576. The molecular formula is C10H15N3O2. The zero-order valence-electron chi connectivity index (χ0n) is 9.06. The van der Waals surface area contributed by atoms with Crippen LogP contribution in [0.5, 0.6) is 0 Å². The van der Waals surface area contributed by atoms with Gasteiger partial charge in [-0.15, -0.1) is 10.2 Å². The maximum atomic E-state index is 11.4. The molecule has 0 saturated heterocycles. The summed E-state index contributed by atoms with van der Waals surface area (Å²) in [4.78, 5) is 11.4. The predicted molar refractivity (Wildman–Crippen MR) is 53.2 cm³/mol. The largest absolute Gasteiger partial charge is 0.469 e. The quantitative estimate of drug-likeness (QED) is 0.668. The molecule has 1 atom stereocenters. The van der Waals surface area contributed by atoms with Gasteiger partial charge in [-0.3, -0.25) is 4.79 Å². The SMILES string of the molecule is CCc1nnc2n1CC(C(=O)OC)CC2. The minimum Gasteiger partial charge on any atom is -0.469 e. The zero-order chi connectivity index (χ0) is 10.8. The average Bonchev–Trinajstić information content (AvgIpc) is 2.69. The molecule has 0 fully saturated rings. The van der Waals surface area contributed by atoms with Gasteiger partial charge in [0.1, 0.15) is 11.6 Å². The highest BCUT2D eigenvalue weighted by molar-refractivity contribution is 5.72. The fourth-order valence-corrected chi connectivity index (χ4v) is 2.00. The molecule has 2 heterocycles.